The molecule has 0 spiro atoms. The average molecular weight is 765 g/mol. The monoisotopic (exact) mass is 764 g/mol. The smallest absolute Gasteiger partial charge is 0.186 e. The molecule has 8 rings (SSSR count). The fourth-order valence-corrected chi connectivity index (χ4v) is 11.5. The van der Waals surface area contributed by atoms with Crippen LogP contribution in [0.4, 0.5) is 0 Å². The lowest BCUT2D eigenvalue weighted by atomic mass is 10.1. The zero-order valence-electron chi connectivity index (χ0n) is 29.7. The van der Waals surface area contributed by atoms with Gasteiger partial charge in [0.05, 0.1) is 21.1 Å². The molecule has 0 N–H and O–H groups in total. The second-order valence-electron chi connectivity index (χ2n) is 12.5. The van der Waals surface area contributed by atoms with Crippen LogP contribution >= 0.6 is 46.2 Å². The second kappa shape index (κ2) is 15.6. The van der Waals surface area contributed by atoms with Gasteiger partial charge in [-0.15, -0.1) is 22.7 Å². The van der Waals surface area contributed by atoms with Crippen molar-refractivity contribution in [3.05, 3.63) is 95.3 Å². The number of thiophene rings is 2. The summed E-state index contributed by atoms with van der Waals surface area (Å²) in [5.41, 5.74) is 9.06. The minimum absolute atomic E-state index is 0.523. The molecule has 6 nitrogen and oxygen atoms in total. The van der Waals surface area contributed by atoms with Crippen LogP contribution in [0, 0.1) is 0 Å². The number of fused-ring (bicyclic) bond motifs is 2. The molecule has 0 fully saturated rings. The van der Waals surface area contributed by atoms with E-state index in [0.717, 1.165) is 89.4 Å². The summed E-state index contributed by atoms with van der Waals surface area (Å²) < 4.78 is 27.3. The van der Waals surface area contributed by atoms with Crippen molar-refractivity contribution >= 4 is 46.2 Å². The van der Waals surface area contributed by atoms with Gasteiger partial charge in [-0.25, -0.2) is 0 Å². The summed E-state index contributed by atoms with van der Waals surface area (Å²) >= 11 is 6.96. The lowest BCUT2D eigenvalue weighted by Crippen LogP contribution is -2.14. The summed E-state index contributed by atoms with van der Waals surface area (Å²) in [6.07, 6.45) is 7.73. The van der Waals surface area contributed by atoms with Crippen LogP contribution in [0.1, 0.15) is 49.9 Å². The molecule has 2 aliphatic heterocycles. The van der Waals surface area contributed by atoms with E-state index in [1.807, 2.05) is 24.5 Å². The molecule has 0 bridgehead atoms. The summed E-state index contributed by atoms with van der Waals surface area (Å²) in [7, 11) is 0. The minimum atomic E-state index is 0.523. The van der Waals surface area contributed by atoms with E-state index in [-0.39, 0.29) is 0 Å². The van der Waals surface area contributed by atoms with Crippen LogP contribution in [0.5, 0.6) is 23.0 Å². The van der Waals surface area contributed by atoms with E-state index in [2.05, 4.69) is 76.2 Å². The molecule has 10 heteroatoms. The quantitative estimate of drug-likeness (QED) is 0.129. The van der Waals surface area contributed by atoms with E-state index in [1.54, 1.807) is 46.2 Å². The fraction of sp³-hybridized carbons (Fsp3) is 0.286. The Kier molecular flexibility index (Phi) is 10.5. The normalized spacial score (nSPS) is 13.4. The molecule has 52 heavy (non-hydrogen) atoms. The van der Waals surface area contributed by atoms with Gasteiger partial charge in [-0.05, 0) is 95.5 Å². The van der Waals surface area contributed by atoms with Crippen LogP contribution in [-0.4, -0.2) is 36.4 Å². The number of pyridine rings is 2. The molecule has 0 saturated heterocycles. The third-order valence-corrected chi connectivity index (χ3v) is 14.2. The number of benzene rings is 2. The Morgan fingerprint density at radius 1 is 0.519 bits per heavy atom. The largest absolute Gasteiger partial charge is 0.485 e. The second-order valence-corrected chi connectivity index (χ2v) is 17.2. The first-order valence-corrected chi connectivity index (χ1v) is 21.2. The summed E-state index contributed by atoms with van der Waals surface area (Å²) in [5.74, 6) is 3.29. The number of ether oxygens (including phenoxy) is 4. The highest BCUT2D eigenvalue weighted by atomic mass is 32.2. The van der Waals surface area contributed by atoms with E-state index in [1.165, 1.54) is 32.0 Å². The van der Waals surface area contributed by atoms with Crippen molar-refractivity contribution in [1.82, 2.24) is 9.97 Å². The average Bonchev–Trinajstić information content (AvgIpc) is 3.76. The Balaban J connectivity index is 1.12. The third-order valence-electron chi connectivity index (χ3n) is 9.28. The van der Waals surface area contributed by atoms with Crippen molar-refractivity contribution < 1.29 is 18.9 Å². The van der Waals surface area contributed by atoms with Crippen molar-refractivity contribution in [2.75, 3.05) is 26.4 Å². The highest BCUT2D eigenvalue weighted by Crippen LogP contribution is 2.56. The molecule has 0 atom stereocenters. The molecule has 266 valence electrons. The first kappa shape index (κ1) is 35.1. The van der Waals surface area contributed by atoms with Crippen molar-refractivity contribution in [3.63, 3.8) is 0 Å². The molecule has 0 aliphatic carbocycles. The zero-order chi connectivity index (χ0) is 35.6. The van der Waals surface area contributed by atoms with Crippen molar-refractivity contribution in [1.29, 1.82) is 0 Å². The van der Waals surface area contributed by atoms with Gasteiger partial charge in [0.15, 0.2) is 23.0 Å². The van der Waals surface area contributed by atoms with Crippen molar-refractivity contribution in [2.24, 2.45) is 0 Å². The van der Waals surface area contributed by atoms with Gasteiger partial charge in [-0.3, -0.25) is 9.97 Å². The van der Waals surface area contributed by atoms with Crippen LogP contribution in [0.15, 0.2) is 91.3 Å². The number of aromatic nitrogens is 2. The molecule has 2 aromatic carbocycles. The van der Waals surface area contributed by atoms with E-state index in [4.69, 9.17) is 28.9 Å². The Morgan fingerprint density at radius 2 is 0.942 bits per heavy atom. The predicted molar refractivity (Wildman–Crippen MR) is 215 cm³/mol. The summed E-state index contributed by atoms with van der Waals surface area (Å²) in [4.78, 5) is 14.2. The molecule has 0 amide bonds. The molecule has 6 aromatic rings. The van der Waals surface area contributed by atoms with Gasteiger partial charge in [0.25, 0.3) is 0 Å². The Bertz CT molecular complexity index is 2090. The first-order valence-electron chi connectivity index (χ1n) is 17.9. The van der Waals surface area contributed by atoms with Gasteiger partial charge in [-0.1, -0.05) is 75.5 Å². The molecular weight excluding hydrogens is 725 g/mol. The van der Waals surface area contributed by atoms with E-state index < -0.39 is 0 Å². The van der Waals surface area contributed by atoms with Gasteiger partial charge in [0.2, 0.25) is 0 Å². The van der Waals surface area contributed by atoms with E-state index in [0.29, 0.717) is 26.4 Å². The number of rotatable bonds is 11. The summed E-state index contributed by atoms with van der Waals surface area (Å²) in [6.45, 7) is 11.0. The highest BCUT2D eigenvalue weighted by molar-refractivity contribution is 8.01. The molecule has 4 aromatic heterocycles. The summed E-state index contributed by atoms with van der Waals surface area (Å²) in [5, 5.41) is 0. The van der Waals surface area contributed by atoms with Crippen molar-refractivity contribution in [3.8, 4) is 55.3 Å². The topological polar surface area (TPSA) is 62.7 Å². The number of nitrogens with zero attached hydrogens (tertiary/aromatic N) is 2. The van der Waals surface area contributed by atoms with Crippen LogP contribution in [-0.2, 0) is 25.7 Å². The molecule has 2 aliphatic rings. The zero-order valence-corrected chi connectivity index (χ0v) is 33.0. The molecule has 6 heterocycles. The van der Waals surface area contributed by atoms with Gasteiger partial charge in [0, 0.05) is 22.2 Å². The van der Waals surface area contributed by atoms with Crippen LogP contribution in [0.25, 0.3) is 32.3 Å². The van der Waals surface area contributed by atoms with Gasteiger partial charge in [-0.2, -0.15) is 0 Å². The standard InChI is InChI=1S/C42H40N2O4S4/c1-5-25-9-11-33(27(7-3)21-25)49-41-37-35(45-17-19-47-37)39(51-41)29-13-15-43-31(23-29)32-24-30(14-16-44-32)40-36-38(48-20-18-46-36)42(52-40)50-34-12-10-26(6-2)22-28(34)8-4/h9-16,21-24H,5-8,17-20H2,1-4H3. The maximum atomic E-state index is 6.28. The maximum Gasteiger partial charge on any atom is 0.186 e. The van der Waals surface area contributed by atoms with E-state index in [9.17, 15) is 0 Å². The molecule has 0 saturated carbocycles. The van der Waals surface area contributed by atoms with E-state index >= 15 is 0 Å². The predicted octanol–water partition coefficient (Wildman–Crippen LogP) is 11.7. The van der Waals surface area contributed by atoms with Crippen LogP contribution in [0.3, 0.4) is 0 Å². The Hall–Kier alpha value is -3.96. The van der Waals surface area contributed by atoms with Gasteiger partial charge < -0.3 is 18.9 Å². The first-order chi connectivity index (χ1) is 25.6. The lowest BCUT2D eigenvalue weighted by molar-refractivity contribution is 0.170. The lowest BCUT2D eigenvalue weighted by Gasteiger charge is -2.18. The highest BCUT2D eigenvalue weighted by Gasteiger charge is 2.29. The maximum absolute atomic E-state index is 6.28. The minimum Gasteiger partial charge on any atom is -0.485 e. The Morgan fingerprint density at radius 3 is 1.35 bits per heavy atom. The fourth-order valence-electron chi connectivity index (χ4n) is 6.44. The number of hydrogen-bond donors (Lipinski definition) is 0. The van der Waals surface area contributed by atoms with Crippen LogP contribution in [0.2, 0.25) is 0 Å². The SMILES string of the molecule is CCc1ccc(Sc2sc(-c3ccnc(-c4cc(-c5sc(Sc6ccc(CC)cc6CC)c6c5OCCO6)ccn4)c3)c3c2OCCO3)c(CC)c1. The van der Waals surface area contributed by atoms with Gasteiger partial charge >= 0.3 is 0 Å². The number of hydrogen-bond acceptors (Lipinski definition) is 10. The third kappa shape index (κ3) is 6.94. The molecule has 0 radical (unpaired) electrons. The Labute approximate surface area is 322 Å². The molecular formula is C42H40N2O4S4. The van der Waals surface area contributed by atoms with Crippen LogP contribution < -0.4 is 18.9 Å². The van der Waals surface area contributed by atoms with Gasteiger partial charge in [0.1, 0.15) is 34.8 Å². The summed E-state index contributed by atoms with van der Waals surface area (Å²) in [6, 6.07) is 21.9. The number of aryl methyl sites for hydroxylation is 4. The molecule has 0 unspecified atom stereocenters. The van der Waals surface area contributed by atoms with Crippen molar-refractivity contribution in [2.45, 2.75) is 71.6 Å².